The first kappa shape index (κ1) is 19.6. The second-order valence-electron chi connectivity index (χ2n) is 9.42. The summed E-state index contributed by atoms with van der Waals surface area (Å²) in [5, 5.41) is 1.07. The molecule has 4 rings (SSSR count). The summed E-state index contributed by atoms with van der Waals surface area (Å²) in [4.78, 5) is 11.8. The highest BCUT2D eigenvalue weighted by Crippen LogP contribution is 2.41. The summed E-state index contributed by atoms with van der Waals surface area (Å²) in [6, 6.07) is 6.28. The molecule has 4 heteroatoms. The van der Waals surface area contributed by atoms with Crippen LogP contribution < -0.4 is 4.74 Å². The van der Waals surface area contributed by atoms with Crippen LogP contribution in [0.25, 0.3) is 10.9 Å². The molecule has 2 aromatic rings. The minimum atomic E-state index is 0.344. The average molecular weight is 382 g/mol. The van der Waals surface area contributed by atoms with Crippen molar-refractivity contribution in [3.05, 3.63) is 30.2 Å². The SMILES string of the molecule is CCC(C)(C)C1CCC(Oc2ccc3nc(CN4CCCC4)ncc3c2)CC1. The van der Waals surface area contributed by atoms with Gasteiger partial charge in [0, 0.05) is 11.6 Å². The number of likely N-dealkylation sites (tertiary alicyclic amines) is 1. The predicted molar refractivity (Wildman–Crippen MR) is 114 cm³/mol. The quantitative estimate of drug-likeness (QED) is 0.653. The highest BCUT2D eigenvalue weighted by molar-refractivity contribution is 5.79. The van der Waals surface area contributed by atoms with Gasteiger partial charge in [-0.25, -0.2) is 9.97 Å². The van der Waals surface area contributed by atoms with Gasteiger partial charge in [-0.1, -0.05) is 27.2 Å². The van der Waals surface area contributed by atoms with E-state index in [0.29, 0.717) is 11.5 Å². The fourth-order valence-electron chi connectivity index (χ4n) is 4.78. The first-order valence-electron chi connectivity index (χ1n) is 11.2. The van der Waals surface area contributed by atoms with Gasteiger partial charge in [0.15, 0.2) is 0 Å². The number of benzene rings is 1. The second-order valence-corrected chi connectivity index (χ2v) is 9.42. The van der Waals surface area contributed by atoms with Crippen LogP contribution in [0.4, 0.5) is 0 Å². The van der Waals surface area contributed by atoms with Crippen molar-refractivity contribution in [3.63, 3.8) is 0 Å². The monoisotopic (exact) mass is 381 g/mol. The fraction of sp³-hybridized carbons (Fsp3) is 0.667. The summed E-state index contributed by atoms with van der Waals surface area (Å²) >= 11 is 0. The third-order valence-corrected chi connectivity index (χ3v) is 7.16. The number of hydrogen-bond donors (Lipinski definition) is 0. The zero-order valence-corrected chi connectivity index (χ0v) is 17.8. The van der Waals surface area contributed by atoms with Gasteiger partial charge in [-0.05, 0) is 81.1 Å². The first-order valence-corrected chi connectivity index (χ1v) is 11.2. The molecular weight excluding hydrogens is 346 g/mol. The highest BCUT2D eigenvalue weighted by Gasteiger charge is 2.32. The Morgan fingerprint density at radius 2 is 1.86 bits per heavy atom. The van der Waals surface area contributed by atoms with Gasteiger partial charge in [0.2, 0.25) is 0 Å². The molecule has 0 unspecified atom stereocenters. The molecule has 152 valence electrons. The Morgan fingerprint density at radius 3 is 2.57 bits per heavy atom. The lowest BCUT2D eigenvalue weighted by atomic mass is 9.69. The van der Waals surface area contributed by atoms with E-state index in [1.54, 1.807) is 0 Å². The van der Waals surface area contributed by atoms with Crippen molar-refractivity contribution < 1.29 is 4.74 Å². The van der Waals surface area contributed by atoms with Crippen molar-refractivity contribution in [3.8, 4) is 5.75 Å². The van der Waals surface area contributed by atoms with Gasteiger partial charge in [-0.2, -0.15) is 0 Å². The summed E-state index contributed by atoms with van der Waals surface area (Å²) in [6.07, 6.45) is 11.0. The van der Waals surface area contributed by atoms with E-state index in [4.69, 9.17) is 9.72 Å². The van der Waals surface area contributed by atoms with Crippen molar-refractivity contribution in [2.75, 3.05) is 13.1 Å². The van der Waals surface area contributed by atoms with Gasteiger partial charge in [0.25, 0.3) is 0 Å². The summed E-state index contributed by atoms with van der Waals surface area (Å²) in [5.74, 6) is 2.72. The molecule has 28 heavy (non-hydrogen) atoms. The minimum absolute atomic E-state index is 0.344. The van der Waals surface area contributed by atoms with Crippen molar-refractivity contribution in [2.45, 2.75) is 78.4 Å². The molecule has 0 spiro atoms. The lowest BCUT2D eigenvalue weighted by Gasteiger charge is -2.38. The number of hydrogen-bond acceptors (Lipinski definition) is 4. The van der Waals surface area contributed by atoms with Crippen molar-refractivity contribution in [1.29, 1.82) is 0 Å². The molecule has 2 aliphatic rings. The molecule has 2 heterocycles. The predicted octanol–water partition coefficient (Wildman–Crippen LogP) is 5.60. The largest absolute Gasteiger partial charge is 0.490 e. The first-order chi connectivity index (χ1) is 13.5. The maximum atomic E-state index is 6.33. The average Bonchev–Trinajstić information content (AvgIpc) is 3.21. The van der Waals surface area contributed by atoms with Crippen LogP contribution in [-0.4, -0.2) is 34.1 Å². The summed E-state index contributed by atoms with van der Waals surface area (Å²) < 4.78 is 6.33. The minimum Gasteiger partial charge on any atom is -0.490 e. The van der Waals surface area contributed by atoms with E-state index in [-0.39, 0.29) is 0 Å². The molecule has 1 saturated heterocycles. The van der Waals surface area contributed by atoms with Crippen LogP contribution in [0.1, 0.15) is 71.5 Å². The van der Waals surface area contributed by atoms with E-state index in [1.165, 1.54) is 45.2 Å². The Balaban J connectivity index is 1.37. The smallest absolute Gasteiger partial charge is 0.142 e. The van der Waals surface area contributed by atoms with E-state index in [9.17, 15) is 0 Å². The van der Waals surface area contributed by atoms with Crippen LogP contribution in [0.5, 0.6) is 5.75 Å². The molecule has 0 bridgehead atoms. The van der Waals surface area contributed by atoms with E-state index in [0.717, 1.165) is 47.8 Å². The molecule has 1 aromatic carbocycles. The Labute approximate surface area is 169 Å². The number of aromatic nitrogens is 2. The second kappa shape index (κ2) is 8.36. The standard InChI is InChI=1S/C24H35N3O/c1-4-24(2,3)19-7-9-20(10-8-19)28-21-11-12-22-18(15-21)16-25-23(26-22)17-27-13-5-6-14-27/h11-12,15-16,19-20H,4-10,13-14,17H2,1-3H3. The normalized spacial score (nSPS) is 24.0. The Hall–Kier alpha value is -1.68. The van der Waals surface area contributed by atoms with Crippen LogP contribution in [0, 0.1) is 11.3 Å². The fourth-order valence-corrected chi connectivity index (χ4v) is 4.78. The molecular formula is C24H35N3O. The number of rotatable bonds is 6. The molecule has 1 aliphatic heterocycles. The van der Waals surface area contributed by atoms with Gasteiger partial charge in [0.1, 0.15) is 11.6 Å². The summed E-state index contributed by atoms with van der Waals surface area (Å²) in [7, 11) is 0. The van der Waals surface area contributed by atoms with Gasteiger partial charge >= 0.3 is 0 Å². The number of ether oxygens (including phenoxy) is 1. The van der Waals surface area contributed by atoms with E-state index >= 15 is 0 Å². The molecule has 0 N–H and O–H groups in total. The number of fused-ring (bicyclic) bond motifs is 1. The van der Waals surface area contributed by atoms with Gasteiger partial charge < -0.3 is 4.74 Å². The Morgan fingerprint density at radius 1 is 1.11 bits per heavy atom. The van der Waals surface area contributed by atoms with E-state index < -0.39 is 0 Å². The van der Waals surface area contributed by atoms with Gasteiger partial charge in [-0.15, -0.1) is 0 Å². The van der Waals surface area contributed by atoms with Gasteiger partial charge in [0.05, 0.1) is 18.2 Å². The van der Waals surface area contributed by atoms with Crippen molar-refractivity contribution >= 4 is 10.9 Å². The van der Waals surface area contributed by atoms with Crippen molar-refractivity contribution in [2.24, 2.45) is 11.3 Å². The molecule has 0 radical (unpaired) electrons. The molecule has 1 aromatic heterocycles. The van der Waals surface area contributed by atoms with E-state index in [2.05, 4.69) is 48.9 Å². The summed E-state index contributed by atoms with van der Waals surface area (Å²) in [6.45, 7) is 10.4. The lowest BCUT2D eigenvalue weighted by molar-refractivity contribution is 0.0780. The lowest BCUT2D eigenvalue weighted by Crippen LogP contribution is -2.31. The van der Waals surface area contributed by atoms with Crippen molar-refractivity contribution in [1.82, 2.24) is 14.9 Å². The molecule has 2 fully saturated rings. The van der Waals surface area contributed by atoms with Crippen LogP contribution in [0.15, 0.2) is 24.4 Å². The molecule has 1 aliphatic carbocycles. The molecule has 0 atom stereocenters. The van der Waals surface area contributed by atoms with Crippen LogP contribution in [0.2, 0.25) is 0 Å². The van der Waals surface area contributed by atoms with Gasteiger partial charge in [-0.3, -0.25) is 4.90 Å². The Bertz CT molecular complexity index is 790. The third-order valence-electron chi connectivity index (χ3n) is 7.16. The van der Waals surface area contributed by atoms with Crippen LogP contribution >= 0.6 is 0 Å². The third kappa shape index (κ3) is 4.48. The maximum Gasteiger partial charge on any atom is 0.142 e. The van der Waals surface area contributed by atoms with E-state index in [1.807, 2.05) is 6.20 Å². The Kier molecular flexibility index (Phi) is 5.86. The zero-order chi connectivity index (χ0) is 19.6. The molecule has 1 saturated carbocycles. The highest BCUT2D eigenvalue weighted by atomic mass is 16.5. The van der Waals surface area contributed by atoms with Crippen LogP contribution in [-0.2, 0) is 6.54 Å². The topological polar surface area (TPSA) is 38.2 Å². The zero-order valence-electron chi connectivity index (χ0n) is 17.8. The molecule has 4 nitrogen and oxygen atoms in total. The number of nitrogens with zero attached hydrogens (tertiary/aromatic N) is 3. The maximum absolute atomic E-state index is 6.33. The van der Waals surface area contributed by atoms with Crippen LogP contribution in [0.3, 0.4) is 0 Å². The molecule has 0 amide bonds. The summed E-state index contributed by atoms with van der Waals surface area (Å²) in [5.41, 5.74) is 1.47.